The number of hydrogen-bond acceptors (Lipinski definition) is 4. The second kappa shape index (κ2) is 11.8. The Hall–Kier alpha value is -2.70. The zero-order valence-electron chi connectivity index (χ0n) is 23.0. The van der Waals surface area contributed by atoms with Gasteiger partial charge in [-0.1, -0.05) is 12.1 Å². The van der Waals surface area contributed by atoms with Crippen LogP contribution >= 0.6 is 0 Å². The monoisotopic (exact) mass is 602 g/mol. The largest absolute Gasteiger partial charge is 0.416 e. The maximum atomic E-state index is 13.8. The number of ether oxygens (including phenoxy) is 1. The molecule has 0 aromatic heterocycles. The average molecular weight is 603 g/mol. The van der Waals surface area contributed by atoms with Crippen LogP contribution in [0.2, 0.25) is 0 Å². The summed E-state index contributed by atoms with van der Waals surface area (Å²) >= 11 is 0. The predicted molar refractivity (Wildman–Crippen MR) is 139 cm³/mol. The van der Waals surface area contributed by atoms with Crippen molar-refractivity contribution in [2.75, 3.05) is 26.2 Å². The SMILES string of the molecule is C[C@@H](O[C@H]1CN2CCC(C(=O)N3CCC(O)CC3)C[C@H]2C1c1ccc(F)cc1)c1cc(C(F)(F)F)cc(C(F)(F)F)c1. The molecule has 2 unspecified atom stereocenters. The number of hydrogen-bond donors (Lipinski definition) is 1. The first-order valence-corrected chi connectivity index (χ1v) is 14.1. The number of likely N-dealkylation sites (tertiary alicyclic amines) is 1. The Labute approximate surface area is 239 Å². The molecular weight excluding hydrogens is 569 g/mol. The van der Waals surface area contributed by atoms with Crippen LogP contribution in [0.25, 0.3) is 0 Å². The van der Waals surface area contributed by atoms with Gasteiger partial charge in [-0.05, 0) is 80.6 Å². The molecule has 5 atom stereocenters. The topological polar surface area (TPSA) is 53.0 Å². The van der Waals surface area contributed by atoms with Gasteiger partial charge >= 0.3 is 12.4 Å². The Kier molecular flexibility index (Phi) is 8.61. The summed E-state index contributed by atoms with van der Waals surface area (Å²) in [5.74, 6) is -1.11. The van der Waals surface area contributed by atoms with Crippen LogP contribution in [0.15, 0.2) is 42.5 Å². The first kappa shape index (κ1) is 30.7. The van der Waals surface area contributed by atoms with E-state index in [2.05, 4.69) is 4.90 Å². The first-order valence-electron chi connectivity index (χ1n) is 14.1. The number of aliphatic hydroxyl groups is 1. The highest BCUT2D eigenvalue weighted by molar-refractivity contribution is 5.79. The molecule has 1 N–H and O–H groups in total. The minimum absolute atomic E-state index is 0.0146. The molecule has 3 aliphatic rings. The summed E-state index contributed by atoms with van der Waals surface area (Å²) < 4.78 is 101. The lowest BCUT2D eigenvalue weighted by Gasteiger charge is -2.39. The highest BCUT2D eigenvalue weighted by atomic mass is 19.4. The fourth-order valence-corrected chi connectivity index (χ4v) is 6.61. The molecule has 12 heteroatoms. The van der Waals surface area contributed by atoms with E-state index in [1.807, 2.05) is 0 Å². The van der Waals surface area contributed by atoms with Gasteiger partial charge in [0, 0.05) is 37.5 Å². The minimum atomic E-state index is -4.98. The molecule has 2 aromatic carbocycles. The predicted octanol–water partition coefficient (Wildman–Crippen LogP) is 6.17. The summed E-state index contributed by atoms with van der Waals surface area (Å²) in [6.07, 6.45) is -10.00. The number of carbonyl (C=O) groups is 1. The summed E-state index contributed by atoms with van der Waals surface area (Å²) in [7, 11) is 0. The molecule has 0 bridgehead atoms. The summed E-state index contributed by atoms with van der Waals surface area (Å²) in [4.78, 5) is 17.3. The van der Waals surface area contributed by atoms with Crippen molar-refractivity contribution in [1.82, 2.24) is 9.80 Å². The van der Waals surface area contributed by atoms with E-state index < -0.39 is 47.6 Å². The standard InChI is InChI=1S/C30H33F7N2O3/c1-17(20-12-21(29(32,33)34)15-22(13-20)30(35,36)37)42-26-16-39-9-6-19(28(41)38-10-7-24(40)8-11-38)14-25(39)27(26)18-2-4-23(31)5-3-18/h2-5,12-13,15,17,19,24-27,40H,6-11,14,16H2,1H3/t17-,19?,25+,26+,27?/m1/s1. The maximum Gasteiger partial charge on any atom is 0.416 e. The highest BCUT2D eigenvalue weighted by Gasteiger charge is 2.48. The zero-order chi connectivity index (χ0) is 30.4. The van der Waals surface area contributed by atoms with E-state index >= 15 is 0 Å². The van der Waals surface area contributed by atoms with E-state index in [9.17, 15) is 40.6 Å². The molecule has 2 aromatic rings. The van der Waals surface area contributed by atoms with E-state index in [0.717, 1.165) is 5.56 Å². The van der Waals surface area contributed by atoms with Crippen LogP contribution in [-0.4, -0.2) is 65.2 Å². The molecule has 1 amide bonds. The van der Waals surface area contributed by atoms with Crippen LogP contribution in [0.4, 0.5) is 30.7 Å². The van der Waals surface area contributed by atoms with Crippen molar-refractivity contribution >= 4 is 5.91 Å². The molecular formula is C30H33F7N2O3. The van der Waals surface area contributed by atoms with Crippen LogP contribution in [-0.2, 0) is 21.9 Å². The molecule has 230 valence electrons. The van der Waals surface area contributed by atoms with Gasteiger partial charge in [0.05, 0.1) is 29.4 Å². The third kappa shape index (κ3) is 6.60. The Morgan fingerprint density at radius 1 is 0.929 bits per heavy atom. The quantitative estimate of drug-likeness (QED) is 0.416. The number of benzene rings is 2. The molecule has 3 aliphatic heterocycles. The van der Waals surface area contributed by atoms with E-state index in [0.29, 0.717) is 64.0 Å². The fourth-order valence-electron chi connectivity index (χ4n) is 6.61. The van der Waals surface area contributed by atoms with Gasteiger partial charge in [0.1, 0.15) is 5.82 Å². The van der Waals surface area contributed by atoms with Crippen molar-refractivity contribution in [1.29, 1.82) is 0 Å². The van der Waals surface area contributed by atoms with Crippen LogP contribution in [0.3, 0.4) is 0 Å². The molecule has 3 heterocycles. The number of nitrogens with zero attached hydrogens (tertiary/aromatic N) is 2. The molecule has 5 rings (SSSR count). The van der Waals surface area contributed by atoms with Crippen molar-refractivity contribution in [3.8, 4) is 0 Å². The lowest BCUT2D eigenvalue weighted by molar-refractivity contribution is -0.143. The molecule has 0 spiro atoms. The van der Waals surface area contributed by atoms with Crippen molar-refractivity contribution in [2.24, 2.45) is 5.92 Å². The van der Waals surface area contributed by atoms with Crippen LogP contribution in [0.5, 0.6) is 0 Å². The normalized spacial score (nSPS) is 26.7. The van der Waals surface area contributed by atoms with Crippen molar-refractivity contribution in [3.05, 3.63) is 70.5 Å². The number of amides is 1. The van der Waals surface area contributed by atoms with E-state index in [1.54, 1.807) is 17.0 Å². The Morgan fingerprint density at radius 2 is 1.52 bits per heavy atom. The third-order valence-electron chi connectivity index (χ3n) is 8.83. The molecule has 3 saturated heterocycles. The minimum Gasteiger partial charge on any atom is -0.393 e. The molecule has 5 nitrogen and oxygen atoms in total. The van der Waals surface area contributed by atoms with E-state index in [4.69, 9.17) is 4.74 Å². The van der Waals surface area contributed by atoms with E-state index in [1.165, 1.54) is 19.1 Å². The number of rotatable bonds is 5. The second-order valence-electron chi connectivity index (χ2n) is 11.6. The average Bonchev–Trinajstić information content (AvgIpc) is 3.29. The Morgan fingerprint density at radius 3 is 2.10 bits per heavy atom. The number of piperidine rings is 2. The summed E-state index contributed by atoms with van der Waals surface area (Å²) in [6.45, 7) is 3.30. The number of aliphatic hydroxyl groups excluding tert-OH is 1. The first-order chi connectivity index (χ1) is 19.7. The van der Waals surface area contributed by atoms with Gasteiger partial charge in [-0.15, -0.1) is 0 Å². The third-order valence-corrected chi connectivity index (χ3v) is 8.83. The van der Waals surface area contributed by atoms with Crippen molar-refractivity contribution in [3.63, 3.8) is 0 Å². The smallest absolute Gasteiger partial charge is 0.393 e. The zero-order valence-corrected chi connectivity index (χ0v) is 23.0. The molecule has 0 aliphatic carbocycles. The maximum absolute atomic E-state index is 13.8. The van der Waals surface area contributed by atoms with Crippen LogP contribution in [0, 0.1) is 11.7 Å². The van der Waals surface area contributed by atoms with Crippen LogP contribution < -0.4 is 0 Å². The summed E-state index contributed by atoms with van der Waals surface area (Å²) in [5, 5.41) is 9.82. The number of halogens is 7. The molecule has 0 saturated carbocycles. The lowest BCUT2D eigenvalue weighted by Crippen LogP contribution is -2.48. The van der Waals surface area contributed by atoms with Gasteiger partial charge in [-0.2, -0.15) is 26.3 Å². The van der Waals surface area contributed by atoms with Crippen molar-refractivity contribution in [2.45, 2.75) is 75.2 Å². The Bertz CT molecular complexity index is 1230. The summed E-state index contributed by atoms with van der Waals surface area (Å²) in [6, 6.07) is 7.06. The number of carbonyl (C=O) groups excluding carboxylic acids is 1. The van der Waals surface area contributed by atoms with Crippen molar-refractivity contribution < 1.29 is 45.4 Å². The summed E-state index contributed by atoms with van der Waals surface area (Å²) in [5.41, 5.74) is -2.35. The van der Waals surface area contributed by atoms with Gasteiger partial charge in [-0.25, -0.2) is 4.39 Å². The Balaban J connectivity index is 1.40. The molecule has 42 heavy (non-hydrogen) atoms. The highest BCUT2D eigenvalue weighted by Crippen LogP contribution is 2.45. The second-order valence-corrected chi connectivity index (χ2v) is 11.6. The van der Waals surface area contributed by atoms with Gasteiger partial charge in [0.25, 0.3) is 0 Å². The van der Waals surface area contributed by atoms with Gasteiger partial charge in [-0.3, -0.25) is 9.69 Å². The van der Waals surface area contributed by atoms with Gasteiger partial charge in [0.2, 0.25) is 5.91 Å². The van der Waals surface area contributed by atoms with Crippen LogP contribution in [0.1, 0.15) is 66.9 Å². The molecule has 3 fully saturated rings. The van der Waals surface area contributed by atoms with E-state index in [-0.39, 0.29) is 35.4 Å². The van der Waals surface area contributed by atoms with Gasteiger partial charge in [0.15, 0.2) is 0 Å². The number of alkyl halides is 6. The lowest BCUT2D eigenvalue weighted by atomic mass is 9.81. The van der Waals surface area contributed by atoms with Gasteiger partial charge < -0.3 is 14.7 Å². The molecule has 0 radical (unpaired) electrons. The fraction of sp³-hybridized carbons (Fsp3) is 0.567. The number of fused-ring (bicyclic) bond motifs is 1.